The summed E-state index contributed by atoms with van der Waals surface area (Å²) in [6.45, 7) is 33.5. The zero-order valence-corrected chi connectivity index (χ0v) is 37.5. The minimum Gasteiger partial charge on any atom is -0.445 e. The molecule has 0 spiro atoms. The van der Waals surface area contributed by atoms with Crippen molar-refractivity contribution in [1.29, 1.82) is 0 Å². The molecular formula is C39H63B3O6Si3. The number of hydrogen-bond acceptors (Lipinski definition) is 6. The van der Waals surface area contributed by atoms with Crippen LogP contribution in [-0.4, -0.2) is 48.5 Å². The van der Waals surface area contributed by atoms with Gasteiger partial charge in [0.1, 0.15) is 0 Å². The van der Waals surface area contributed by atoms with E-state index in [-0.39, 0.29) is 34.6 Å². The van der Waals surface area contributed by atoms with Crippen molar-refractivity contribution in [3.63, 3.8) is 0 Å². The number of hydrogen-bond donors (Lipinski definition) is 0. The fourth-order valence-corrected chi connectivity index (χ4v) is 9.88. The molecule has 6 nitrogen and oxygen atoms in total. The van der Waals surface area contributed by atoms with Gasteiger partial charge in [-0.1, -0.05) is 135 Å². The topological polar surface area (TPSA) is 55.4 Å². The Morgan fingerprint density at radius 3 is 0.745 bits per heavy atom. The first kappa shape index (κ1) is 42.0. The summed E-state index contributed by atoms with van der Waals surface area (Å²) in [7, 11) is -5.67. The first-order chi connectivity index (χ1) is 23.6. The number of rotatable bonds is 12. The second-order valence-electron chi connectivity index (χ2n) is 18.2. The van der Waals surface area contributed by atoms with E-state index >= 15 is 0 Å². The van der Waals surface area contributed by atoms with Crippen LogP contribution in [0.15, 0.2) is 72.8 Å². The quantitative estimate of drug-likeness (QED) is 0.179. The minimum atomic E-state index is -1.26. The third-order valence-corrected chi connectivity index (χ3v) is 11.3. The van der Waals surface area contributed by atoms with Gasteiger partial charge in [-0.15, -0.1) is 0 Å². The summed E-state index contributed by atoms with van der Waals surface area (Å²) in [6, 6.07) is 25.6. The van der Waals surface area contributed by atoms with Crippen LogP contribution in [0.4, 0.5) is 0 Å². The van der Waals surface area contributed by atoms with Crippen molar-refractivity contribution >= 4 is 64.9 Å². The van der Waals surface area contributed by atoms with Crippen LogP contribution in [0, 0.1) is 16.2 Å². The maximum atomic E-state index is 6.62. The third-order valence-electron chi connectivity index (χ3n) is 8.86. The summed E-state index contributed by atoms with van der Waals surface area (Å²) in [5.74, 6) is 0. The van der Waals surface area contributed by atoms with E-state index < -0.39 is 48.5 Å². The van der Waals surface area contributed by atoms with Crippen LogP contribution in [0.25, 0.3) is 0 Å². The first-order valence-corrected chi connectivity index (χ1v) is 27.2. The molecule has 0 N–H and O–H groups in total. The van der Waals surface area contributed by atoms with E-state index in [2.05, 4.69) is 174 Å². The molecule has 1 aliphatic heterocycles. The highest BCUT2D eigenvalue weighted by Gasteiger charge is 2.44. The molecule has 3 aromatic carbocycles. The molecule has 0 amide bonds. The van der Waals surface area contributed by atoms with Gasteiger partial charge in [0.2, 0.25) is 0 Å². The van der Waals surface area contributed by atoms with Gasteiger partial charge in [0.25, 0.3) is 0 Å². The van der Waals surface area contributed by atoms with Crippen molar-refractivity contribution in [2.45, 2.75) is 120 Å². The molecule has 3 atom stereocenters. The molecule has 12 heteroatoms. The van der Waals surface area contributed by atoms with E-state index in [0.29, 0.717) is 0 Å². The molecule has 51 heavy (non-hydrogen) atoms. The summed E-state index contributed by atoms with van der Waals surface area (Å²) in [5, 5.41) is 0. The second-order valence-corrected chi connectivity index (χ2v) is 25.3. The van der Waals surface area contributed by atoms with Crippen molar-refractivity contribution in [2.24, 2.45) is 16.2 Å². The molecule has 1 saturated heterocycles. The summed E-state index contributed by atoms with van der Waals surface area (Å²) in [4.78, 5) is 0. The predicted molar refractivity (Wildman–Crippen MR) is 225 cm³/mol. The summed E-state index contributed by atoms with van der Waals surface area (Å²) in [5.41, 5.74) is 6.23. The maximum absolute atomic E-state index is 6.62. The molecule has 276 valence electrons. The molecular weight excluding hydrogens is 681 g/mol. The largest absolute Gasteiger partial charge is 0.467 e. The molecule has 0 aromatic heterocycles. The second kappa shape index (κ2) is 17.2. The fourth-order valence-electron chi connectivity index (χ4n) is 6.55. The van der Waals surface area contributed by atoms with E-state index in [0.717, 1.165) is 16.4 Å². The van der Waals surface area contributed by atoms with Gasteiger partial charge >= 0.3 is 21.4 Å². The van der Waals surface area contributed by atoms with E-state index in [1.54, 1.807) is 0 Å². The van der Waals surface area contributed by atoms with Gasteiger partial charge in [-0.05, 0) is 88.6 Å². The van der Waals surface area contributed by atoms with E-state index in [9.17, 15) is 0 Å². The Morgan fingerprint density at radius 2 is 0.588 bits per heavy atom. The van der Waals surface area contributed by atoms with Crippen molar-refractivity contribution in [2.75, 3.05) is 0 Å². The monoisotopic (exact) mass is 744 g/mol. The summed E-state index contributed by atoms with van der Waals surface area (Å²) in [6.07, 6.45) is 0.0578. The molecule has 1 fully saturated rings. The Bertz CT molecular complexity index is 1330. The Hall–Kier alpha value is -1.73. The lowest BCUT2D eigenvalue weighted by atomic mass is 9.61. The fraction of sp³-hybridized carbons (Fsp3) is 0.538. The Labute approximate surface area is 316 Å². The van der Waals surface area contributed by atoms with Crippen molar-refractivity contribution in [3.05, 3.63) is 89.5 Å². The molecule has 4 rings (SSSR count). The van der Waals surface area contributed by atoms with E-state index in [1.807, 2.05) is 0 Å². The van der Waals surface area contributed by atoms with Gasteiger partial charge in [0, 0.05) is 0 Å². The Balaban J connectivity index is 1.68. The van der Waals surface area contributed by atoms with Gasteiger partial charge < -0.3 is 27.0 Å². The zero-order valence-electron chi connectivity index (χ0n) is 34.1. The zero-order chi connectivity index (χ0) is 37.9. The lowest BCUT2D eigenvalue weighted by molar-refractivity contribution is 0.0866. The van der Waals surface area contributed by atoms with Crippen molar-refractivity contribution in [1.82, 2.24) is 0 Å². The van der Waals surface area contributed by atoms with Crippen LogP contribution >= 0.6 is 0 Å². The van der Waals surface area contributed by atoms with Gasteiger partial charge in [-0.3, -0.25) is 0 Å². The molecule has 0 bridgehead atoms. The van der Waals surface area contributed by atoms with Gasteiger partial charge in [-0.2, -0.15) is 0 Å². The first-order valence-electron chi connectivity index (χ1n) is 18.9. The highest BCUT2D eigenvalue weighted by atomic mass is 28.3. The lowest BCUT2D eigenvalue weighted by Gasteiger charge is -2.35. The van der Waals surface area contributed by atoms with Crippen LogP contribution in [0.3, 0.4) is 0 Å². The van der Waals surface area contributed by atoms with Gasteiger partial charge in [0.15, 0.2) is 27.1 Å². The van der Waals surface area contributed by atoms with Crippen molar-refractivity contribution < 1.29 is 27.0 Å². The van der Waals surface area contributed by atoms with Crippen LogP contribution in [0.5, 0.6) is 0 Å². The van der Waals surface area contributed by atoms with E-state index in [1.165, 1.54) is 16.7 Å². The number of benzene rings is 3. The van der Waals surface area contributed by atoms with Gasteiger partial charge in [-0.25, -0.2) is 0 Å². The maximum Gasteiger partial charge on any atom is 0.467 e. The molecule has 0 aliphatic carbocycles. The Morgan fingerprint density at radius 1 is 0.392 bits per heavy atom. The predicted octanol–water partition coefficient (Wildman–Crippen LogP) is 7.50. The lowest BCUT2D eigenvalue weighted by Crippen LogP contribution is -2.61. The average molecular weight is 745 g/mol. The molecule has 3 aromatic rings. The average Bonchev–Trinajstić information content (AvgIpc) is 3.03. The molecule has 1 heterocycles. The standard InChI is InChI=1S/C39H63B3O6Si3/c1-37(2,3)34(43-49(10)11)28-16-22-31(23-17-28)40-46-41(32-24-18-29(19-25-32)35(38(4,5)6)44-50(12)13)48-42(47-40)33-26-20-30(21-27-33)36(39(7,8)9)45-51(14)15/h16-27,34-36,49-51H,1-15H3. The smallest absolute Gasteiger partial charge is 0.445 e. The highest BCUT2D eigenvalue weighted by molar-refractivity contribution is 6.87. The highest BCUT2D eigenvalue weighted by Crippen LogP contribution is 2.38. The van der Waals surface area contributed by atoms with Crippen molar-refractivity contribution in [3.8, 4) is 0 Å². The molecule has 1 aliphatic rings. The van der Waals surface area contributed by atoms with Crippen LogP contribution in [0.1, 0.15) is 97.3 Å². The normalized spacial score (nSPS) is 16.7. The summed E-state index contributed by atoms with van der Waals surface area (Å²) < 4.78 is 39.4. The Kier molecular flexibility index (Phi) is 14.1. The van der Waals surface area contributed by atoms with Crippen LogP contribution in [-0.2, 0) is 27.0 Å². The molecule has 0 radical (unpaired) electrons. The molecule has 3 unspecified atom stereocenters. The third kappa shape index (κ3) is 11.6. The summed E-state index contributed by atoms with van der Waals surface area (Å²) >= 11 is 0. The molecule has 0 saturated carbocycles. The van der Waals surface area contributed by atoms with Crippen LogP contribution in [0.2, 0.25) is 39.3 Å². The van der Waals surface area contributed by atoms with Gasteiger partial charge in [0.05, 0.1) is 18.3 Å². The minimum absolute atomic E-state index is 0.0193. The SMILES string of the molecule is C[SiH](C)OC(c1ccc(B2OB(c3ccc(C(O[SiH](C)C)C(C)(C)C)cc3)OB(c3ccc(C(O[SiH](C)C)C(C)(C)C)cc3)O2)cc1)C(C)(C)C. The van der Waals surface area contributed by atoms with E-state index in [4.69, 9.17) is 27.0 Å². The van der Waals surface area contributed by atoms with Crippen LogP contribution < -0.4 is 16.4 Å².